The Morgan fingerprint density at radius 3 is 3.14 bits per heavy atom. The molecule has 2 aromatic rings. The maximum atomic E-state index is 11.5. The zero-order valence-corrected chi connectivity index (χ0v) is 13.1. The molecule has 1 N–H and O–H groups in total. The summed E-state index contributed by atoms with van der Waals surface area (Å²) in [6.07, 6.45) is 1.47. The molecule has 2 heterocycles. The van der Waals surface area contributed by atoms with Crippen LogP contribution in [0.5, 0.6) is 5.75 Å². The topological polar surface area (TPSA) is 54.5 Å². The van der Waals surface area contributed by atoms with Gasteiger partial charge in [0, 0.05) is 26.1 Å². The summed E-state index contributed by atoms with van der Waals surface area (Å²) in [5, 5.41) is 4.35. The number of rotatable bonds is 4. The molecule has 0 bridgehead atoms. The Hall–Kier alpha value is -1.82. The van der Waals surface area contributed by atoms with Crippen LogP contribution in [0.25, 0.3) is 10.2 Å². The van der Waals surface area contributed by atoms with Crippen LogP contribution in [0.2, 0.25) is 0 Å². The third-order valence-electron chi connectivity index (χ3n) is 3.63. The Bertz CT molecular complexity index is 655. The first-order chi connectivity index (χ1) is 10.2. The summed E-state index contributed by atoms with van der Waals surface area (Å²) in [5.74, 6) is 1.10. The van der Waals surface area contributed by atoms with Crippen LogP contribution in [0.1, 0.15) is 19.8 Å². The minimum absolute atomic E-state index is 0.221. The fourth-order valence-electron chi connectivity index (χ4n) is 2.53. The van der Waals surface area contributed by atoms with E-state index in [2.05, 4.69) is 10.3 Å². The molecule has 1 amide bonds. The van der Waals surface area contributed by atoms with E-state index >= 15 is 0 Å². The molecular formula is C15H19N3O2S. The Balaban J connectivity index is 1.74. The van der Waals surface area contributed by atoms with Gasteiger partial charge >= 0.3 is 0 Å². The molecule has 0 aliphatic carbocycles. The molecule has 1 aliphatic heterocycles. The maximum Gasteiger partial charge on any atom is 0.222 e. The highest BCUT2D eigenvalue weighted by Crippen LogP contribution is 2.30. The Kier molecular flexibility index (Phi) is 3.96. The van der Waals surface area contributed by atoms with Gasteiger partial charge in [-0.25, -0.2) is 4.98 Å². The fraction of sp³-hybridized carbons (Fsp3) is 0.467. The lowest BCUT2D eigenvalue weighted by molar-refractivity contribution is -0.132. The van der Waals surface area contributed by atoms with E-state index in [0.29, 0.717) is 13.0 Å². The first kappa shape index (κ1) is 14.1. The number of hydrogen-bond acceptors (Lipinski definition) is 5. The molecule has 6 heteroatoms. The second-order valence-electron chi connectivity index (χ2n) is 5.24. The van der Waals surface area contributed by atoms with Crippen molar-refractivity contribution in [2.45, 2.75) is 25.8 Å². The fourth-order valence-corrected chi connectivity index (χ4v) is 3.50. The molecule has 1 atom stereocenters. The number of amides is 1. The highest BCUT2D eigenvalue weighted by Gasteiger charge is 2.23. The number of aromatic nitrogens is 1. The van der Waals surface area contributed by atoms with Gasteiger partial charge in [0.2, 0.25) is 5.91 Å². The van der Waals surface area contributed by atoms with Gasteiger partial charge in [0.25, 0.3) is 0 Å². The van der Waals surface area contributed by atoms with Crippen LogP contribution in [0.3, 0.4) is 0 Å². The number of carbonyl (C=O) groups is 1. The maximum absolute atomic E-state index is 11.5. The van der Waals surface area contributed by atoms with Gasteiger partial charge in [-0.1, -0.05) is 11.3 Å². The smallest absolute Gasteiger partial charge is 0.222 e. The van der Waals surface area contributed by atoms with E-state index in [-0.39, 0.29) is 11.9 Å². The van der Waals surface area contributed by atoms with Crippen LogP contribution in [-0.4, -0.2) is 42.0 Å². The number of nitrogens with zero attached hydrogens (tertiary/aromatic N) is 2. The number of fused-ring (bicyclic) bond motifs is 1. The molecule has 5 nitrogen and oxygen atoms in total. The van der Waals surface area contributed by atoms with Crippen molar-refractivity contribution >= 4 is 32.6 Å². The van der Waals surface area contributed by atoms with Crippen LogP contribution in [0, 0.1) is 0 Å². The number of hydrogen-bond donors (Lipinski definition) is 1. The quantitative estimate of drug-likeness (QED) is 0.943. The number of carbonyl (C=O) groups excluding carboxylic acids is 1. The van der Waals surface area contributed by atoms with Gasteiger partial charge in [-0.15, -0.1) is 0 Å². The second-order valence-corrected chi connectivity index (χ2v) is 6.27. The standard InChI is InChI=1S/C15H19N3O2S/c1-3-20-11-5-6-12-13(8-11)21-15(17-12)16-10-4-7-14(19)18(2)9-10/h5-6,8,10H,3-4,7,9H2,1-2H3,(H,16,17). The minimum atomic E-state index is 0.221. The summed E-state index contributed by atoms with van der Waals surface area (Å²) in [5.41, 5.74) is 0.978. The highest BCUT2D eigenvalue weighted by atomic mass is 32.1. The van der Waals surface area contributed by atoms with Gasteiger partial charge in [-0.05, 0) is 31.5 Å². The van der Waals surface area contributed by atoms with Crippen molar-refractivity contribution < 1.29 is 9.53 Å². The summed E-state index contributed by atoms with van der Waals surface area (Å²) in [6.45, 7) is 3.38. The van der Waals surface area contributed by atoms with Crippen LogP contribution in [0.15, 0.2) is 18.2 Å². The van der Waals surface area contributed by atoms with E-state index in [0.717, 1.165) is 34.1 Å². The lowest BCUT2D eigenvalue weighted by Gasteiger charge is -2.29. The number of likely N-dealkylation sites (tertiary alicyclic amines) is 1. The van der Waals surface area contributed by atoms with Crippen molar-refractivity contribution in [1.82, 2.24) is 9.88 Å². The molecule has 0 radical (unpaired) electrons. The molecule has 1 aromatic heterocycles. The van der Waals surface area contributed by atoms with Crippen LogP contribution >= 0.6 is 11.3 Å². The average molecular weight is 305 g/mol. The van der Waals surface area contributed by atoms with E-state index < -0.39 is 0 Å². The van der Waals surface area contributed by atoms with Crippen LogP contribution in [0.4, 0.5) is 5.13 Å². The predicted octanol–water partition coefficient (Wildman–Crippen LogP) is 2.73. The molecule has 0 saturated carbocycles. The molecule has 0 spiro atoms. The van der Waals surface area contributed by atoms with Crippen molar-refractivity contribution in [3.05, 3.63) is 18.2 Å². The Morgan fingerprint density at radius 2 is 2.38 bits per heavy atom. The van der Waals surface area contributed by atoms with Crippen molar-refractivity contribution in [2.75, 3.05) is 25.5 Å². The first-order valence-corrected chi connectivity index (χ1v) is 8.01. The van der Waals surface area contributed by atoms with Gasteiger partial charge in [0.15, 0.2) is 5.13 Å². The van der Waals surface area contributed by atoms with Gasteiger partial charge < -0.3 is 15.0 Å². The molecule has 1 saturated heterocycles. The van der Waals surface area contributed by atoms with Crippen molar-refractivity contribution in [2.24, 2.45) is 0 Å². The van der Waals surface area contributed by atoms with Crippen molar-refractivity contribution in [3.63, 3.8) is 0 Å². The average Bonchev–Trinajstić information content (AvgIpc) is 2.85. The van der Waals surface area contributed by atoms with E-state index in [1.165, 1.54) is 0 Å². The lowest BCUT2D eigenvalue weighted by atomic mass is 10.1. The third kappa shape index (κ3) is 3.10. The number of anilines is 1. The van der Waals surface area contributed by atoms with Gasteiger partial charge in [0.1, 0.15) is 5.75 Å². The molecule has 3 rings (SSSR count). The van der Waals surface area contributed by atoms with Crippen LogP contribution in [-0.2, 0) is 4.79 Å². The zero-order chi connectivity index (χ0) is 14.8. The monoisotopic (exact) mass is 305 g/mol. The van der Waals surface area contributed by atoms with Crippen molar-refractivity contribution in [1.29, 1.82) is 0 Å². The number of ether oxygens (including phenoxy) is 1. The van der Waals surface area contributed by atoms with E-state index in [9.17, 15) is 4.79 Å². The van der Waals surface area contributed by atoms with Gasteiger partial charge in [-0.2, -0.15) is 0 Å². The van der Waals surface area contributed by atoms with E-state index in [1.54, 1.807) is 16.2 Å². The highest BCUT2D eigenvalue weighted by molar-refractivity contribution is 7.22. The van der Waals surface area contributed by atoms with Gasteiger partial charge in [-0.3, -0.25) is 4.79 Å². The van der Waals surface area contributed by atoms with Gasteiger partial charge in [0.05, 0.1) is 16.8 Å². The largest absolute Gasteiger partial charge is 0.494 e. The number of piperidine rings is 1. The Labute approximate surface area is 127 Å². The molecule has 112 valence electrons. The molecule has 21 heavy (non-hydrogen) atoms. The summed E-state index contributed by atoms with van der Waals surface area (Å²) in [4.78, 5) is 17.9. The van der Waals surface area contributed by atoms with Crippen molar-refractivity contribution in [3.8, 4) is 5.75 Å². The Morgan fingerprint density at radius 1 is 1.52 bits per heavy atom. The number of thiazole rings is 1. The van der Waals surface area contributed by atoms with E-state index in [1.807, 2.05) is 32.2 Å². The molecule has 1 unspecified atom stereocenters. The summed E-state index contributed by atoms with van der Waals surface area (Å²) < 4.78 is 6.63. The summed E-state index contributed by atoms with van der Waals surface area (Å²) in [6, 6.07) is 6.23. The lowest BCUT2D eigenvalue weighted by Crippen LogP contribution is -2.43. The summed E-state index contributed by atoms with van der Waals surface area (Å²) in [7, 11) is 1.85. The second kappa shape index (κ2) is 5.89. The molecule has 1 fully saturated rings. The molecule has 1 aliphatic rings. The van der Waals surface area contributed by atoms with Crippen LogP contribution < -0.4 is 10.1 Å². The molecular weight excluding hydrogens is 286 g/mol. The number of nitrogens with one attached hydrogen (secondary N) is 1. The first-order valence-electron chi connectivity index (χ1n) is 7.19. The number of benzene rings is 1. The zero-order valence-electron chi connectivity index (χ0n) is 12.3. The molecule has 1 aromatic carbocycles. The third-order valence-corrected chi connectivity index (χ3v) is 4.57. The SMILES string of the molecule is CCOc1ccc2nc(NC3CCC(=O)N(C)C3)sc2c1. The number of likely N-dealkylation sites (N-methyl/N-ethyl adjacent to an activating group) is 1. The normalized spacial score (nSPS) is 19.0. The van der Waals surface area contributed by atoms with E-state index in [4.69, 9.17) is 4.74 Å². The minimum Gasteiger partial charge on any atom is -0.494 e. The predicted molar refractivity (Wildman–Crippen MR) is 85.1 cm³/mol. The summed E-state index contributed by atoms with van der Waals surface area (Å²) >= 11 is 1.63.